The van der Waals surface area contributed by atoms with E-state index in [0.29, 0.717) is 17.7 Å². The Kier molecular flexibility index (Phi) is 5.40. The molecule has 0 saturated carbocycles. The Hall–Kier alpha value is -3.44. The molecular formula is C21H24N8. The summed E-state index contributed by atoms with van der Waals surface area (Å²) in [4.78, 5) is 17.3. The van der Waals surface area contributed by atoms with E-state index in [2.05, 4.69) is 68.4 Å². The number of imidazole rings is 1. The minimum absolute atomic E-state index is 0.284. The largest absolute Gasteiger partial charge is 0.372 e. The van der Waals surface area contributed by atoms with E-state index in [1.807, 2.05) is 16.8 Å². The lowest BCUT2D eigenvalue weighted by atomic mass is 10.0. The molecule has 8 nitrogen and oxygen atoms in total. The average Bonchev–Trinajstić information content (AvgIpc) is 3.23. The monoisotopic (exact) mass is 388 g/mol. The SMILES string of the molecule is CN1CCC(N(C)c2ccc(-n3cnc(Nc4cnc(C#N)cn4)c3)cc2)CC1. The Labute approximate surface area is 170 Å². The summed E-state index contributed by atoms with van der Waals surface area (Å²) in [6.45, 7) is 2.31. The molecule has 3 aromatic rings. The van der Waals surface area contributed by atoms with E-state index in [0.717, 1.165) is 18.8 Å². The predicted octanol–water partition coefficient (Wildman–Crippen LogP) is 2.81. The van der Waals surface area contributed by atoms with Gasteiger partial charge in [0.2, 0.25) is 0 Å². The molecule has 0 atom stereocenters. The molecule has 0 amide bonds. The van der Waals surface area contributed by atoms with Gasteiger partial charge in [0, 0.05) is 24.5 Å². The fourth-order valence-electron chi connectivity index (χ4n) is 3.56. The second kappa shape index (κ2) is 8.29. The highest BCUT2D eigenvalue weighted by molar-refractivity contribution is 5.54. The van der Waals surface area contributed by atoms with Gasteiger partial charge in [-0.05, 0) is 57.2 Å². The number of nitriles is 1. The van der Waals surface area contributed by atoms with Gasteiger partial charge in [0.15, 0.2) is 5.69 Å². The van der Waals surface area contributed by atoms with Crippen molar-refractivity contribution < 1.29 is 0 Å². The summed E-state index contributed by atoms with van der Waals surface area (Å²) in [5.74, 6) is 1.21. The van der Waals surface area contributed by atoms with Gasteiger partial charge in [-0.1, -0.05) is 0 Å². The molecule has 1 aliphatic heterocycles. The van der Waals surface area contributed by atoms with Crippen LogP contribution in [-0.2, 0) is 0 Å². The molecule has 0 radical (unpaired) electrons. The Morgan fingerprint density at radius 1 is 1.07 bits per heavy atom. The van der Waals surface area contributed by atoms with Crippen molar-refractivity contribution in [2.24, 2.45) is 0 Å². The summed E-state index contributed by atoms with van der Waals surface area (Å²) in [7, 11) is 4.37. The number of rotatable bonds is 5. The lowest BCUT2D eigenvalue weighted by molar-refractivity contribution is 0.253. The molecule has 1 aromatic carbocycles. The first kappa shape index (κ1) is 18.9. The van der Waals surface area contributed by atoms with Crippen LogP contribution in [0.25, 0.3) is 5.69 Å². The molecule has 0 aliphatic carbocycles. The van der Waals surface area contributed by atoms with Crippen LogP contribution in [0.15, 0.2) is 49.2 Å². The Balaban J connectivity index is 1.42. The van der Waals surface area contributed by atoms with Gasteiger partial charge < -0.3 is 19.7 Å². The van der Waals surface area contributed by atoms with Crippen molar-refractivity contribution in [1.29, 1.82) is 5.26 Å². The van der Waals surface area contributed by atoms with Gasteiger partial charge in [0.1, 0.15) is 24.0 Å². The fourth-order valence-corrected chi connectivity index (χ4v) is 3.56. The lowest BCUT2D eigenvalue weighted by Gasteiger charge is -2.36. The van der Waals surface area contributed by atoms with Crippen LogP contribution in [0, 0.1) is 11.3 Å². The molecule has 8 heteroatoms. The van der Waals surface area contributed by atoms with E-state index in [1.165, 1.54) is 30.9 Å². The van der Waals surface area contributed by atoms with Gasteiger partial charge in [-0.15, -0.1) is 0 Å². The van der Waals surface area contributed by atoms with Crippen LogP contribution in [0.2, 0.25) is 0 Å². The number of nitrogens with one attached hydrogen (secondary N) is 1. The molecule has 4 rings (SSSR count). The Morgan fingerprint density at radius 2 is 1.83 bits per heavy atom. The van der Waals surface area contributed by atoms with Gasteiger partial charge in [0.25, 0.3) is 0 Å². The third-order valence-corrected chi connectivity index (χ3v) is 5.40. The standard InChI is InChI=1S/C21H24N8/c1-27-9-7-18(8-10-27)28(2)17-3-5-19(6-4-17)29-14-21(25-15-29)26-20-13-23-16(11-22)12-24-20/h3-6,12-15,18H,7-10H2,1-2H3,(H,24,26). The summed E-state index contributed by atoms with van der Waals surface area (Å²) in [6, 6.07) is 11.1. The second-order valence-electron chi connectivity index (χ2n) is 7.35. The van der Waals surface area contributed by atoms with Crippen molar-refractivity contribution in [3.63, 3.8) is 0 Å². The zero-order valence-corrected chi connectivity index (χ0v) is 16.7. The first-order valence-electron chi connectivity index (χ1n) is 9.67. The normalized spacial score (nSPS) is 15.1. The van der Waals surface area contributed by atoms with E-state index in [4.69, 9.17) is 5.26 Å². The minimum Gasteiger partial charge on any atom is -0.372 e. The molecule has 1 saturated heterocycles. The van der Waals surface area contributed by atoms with E-state index < -0.39 is 0 Å². The third kappa shape index (κ3) is 4.36. The van der Waals surface area contributed by atoms with E-state index in [9.17, 15) is 0 Å². The van der Waals surface area contributed by atoms with Crippen LogP contribution in [0.3, 0.4) is 0 Å². The number of likely N-dealkylation sites (tertiary alicyclic amines) is 1. The number of aromatic nitrogens is 4. The second-order valence-corrected chi connectivity index (χ2v) is 7.35. The van der Waals surface area contributed by atoms with Crippen LogP contribution in [-0.4, -0.2) is 57.6 Å². The maximum atomic E-state index is 8.79. The van der Waals surface area contributed by atoms with Crippen molar-refractivity contribution in [3.05, 3.63) is 54.9 Å². The van der Waals surface area contributed by atoms with Crippen molar-refractivity contribution in [2.75, 3.05) is 37.4 Å². The highest BCUT2D eigenvalue weighted by Crippen LogP contribution is 2.23. The highest BCUT2D eigenvalue weighted by Gasteiger charge is 2.20. The van der Waals surface area contributed by atoms with Crippen molar-refractivity contribution >= 4 is 17.3 Å². The molecule has 2 aromatic heterocycles. The highest BCUT2D eigenvalue weighted by atomic mass is 15.2. The number of hydrogen-bond acceptors (Lipinski definition) is 7. The van der Waals surface area contributed by atoms with Crippen molar-refractivity contribution in [1.82, 2.24) is 24.4 Å². The molecule has 29 heavy (non-hydrogen) atoms. The summed E-state index contributed by atoms with van der Waals surface area (Å²) in [6.07, 6.45) is 9.00. The third-order valence-electron chi connectivity index (χ3n) is 5.40. The molecule has 148 valence electrons. The molecule has 1 fully saturated rings. The summed E-state index contributed by atoms with van der Waals surface area (Å²) in [5, 5.41) is 11.9. The first-order valence-corrected chi connectivity index (χ1v) is 9.67. The topological polar surface area (TPSA) is 85.9 Å². The van der Waals surface area contributed by atoms with E-state index in [1.54, 1.807) is 6.33 Å². The van der Waals surface area contributed by atoms with Gasteiger partial charge in [0.05, 0.1) is 18.6 Å². The zero-order valence-electron chi connectivity index (χ0n) is 16.7. The van der Waals surface area contributed by atoms with Crippen LogP contribution in [0.5, 0.6) is 0 Å². The number of anilines is 3. The molecule has 0 spiro atoms. The molecule has 3 heterocycles. The Bertz CT molecular complexity index is 979. The first-order chi connectivity index (χ1) is 14.1. The van der Waals surface area contributed by atoms with Crippen LogP contribution in [0.4, 0.5) is 17.3 Å². The lowest BCUT2D eigenvalue weighted by Crippen LogP contribution is -2.41. The van der Waals surface area contributed by atoms with Crippen LogP contribution < -0.4 is 10.2 Å². The summed E-state index contributed by atoms with van der Waals surface area (Å²) < 4.78 is 1.96. The zero-order chi connectivity index (χ0) is 20.2. The van der Waals surface area contributed by atoms with Gasteiger partial charge in [-0.2, -0.15) is 5.26 Å². The van der Waals surface area contributed by atoms with Crippen LogP contribution in [0.1, 0.15) is 18.5 Å². The minimum atomic E-state index is 0.284. The number of hydrogen-bond donors (Lipinski definition) is 1. The van der Waals surface area contributed by atoms with Gasteiger partial charge in [-0.25, -0.2) is 15.0 Å². The quantitative estimate of drug-likeness (QED) is 0.719. The average molecular weight is 388 g/mol. The number of benzene rings is 1. The molecule has 0 unspecified atom stereocenters. The smallest absolute Gasteiger partial charge is 0.158 e. The van der Waals surface area contributed by atoms with Gasteiger partial charge in [-0.3, -0.25) is 0 Å². The predicted molar refractivity (Wildman–Crippen MR) is 113 cm³/mol. The summed E-state index contributed by atoms with van der Waals surface area (Å²) >= 11 is 0. The maximum Gasteiger partial charge on any atom is 0.158 e. The van der Waals surface area contributed by atoms with Crippen molar-refractivity contribution in [2.45, 2.75) is 18.9 Å². The fraction of sp³-hybridized carbons (Fsp3) is 0.333. The summed E-state index contributed by atoms with van der Waals surface area (Å²) in [5.41, 5.74) is 2.55. The number of piperidine rings is 1. The maximum absolute atomic E-state index is 8.79. The van der Waals surface area contributed by atoms with Crippen LogP contribution >= 0.6 is 0 Å². The van der Waals surface area contributed by atoms with Gasteiger partial charge >= 0.3 is 0 Å². The molecule has 1 N–H and O–H groups in total. The molecule has 1 aliphatic rings. The Morgan fingerprint density at radius 3 is 2.48 bits per heavy atom. The van der Waals surface area contributed by atoms with Crippen molar-refractivity contribution in [3.8, 4) is 11.8 Å². The molecule has 0 bridgehead atoms. The van der Waals surface area contributed by atoms with E-state index >= 15 is 0 Å². The van der Waals surface area contributed by atoms with E-state index in [-0.39, 0.29) is 5.69 Å². The molecular weight excluding hydrogens is 364 g/mol. The number of nitrogens with zero attached hydrogens (tertiary/aromatic N) is 7.